The highest BCUT2D eigenvalue weighted by Gasteiger charge is 2.30. The molecule has 0 radical (unpaired) electrons. The first-order valence-corrected chi connectivity index (χ1v) is 15.1. The number of rotatable bonds is 10. The molecule has 9 heteroatoms. The maximum Gasteiger partial charge on any atom is 0.407 e. The van der Waals surface area contributed by atoms with Crippen LogP contribution in [0.2, 0.25) is 0 Å². The molecule has 0 spiro atoms. The van der Waals surface area contributed by atoms with Crippen molar-refractivity contribution in [1.82, 2.24) is 16.0 Å². The van der Waals surface area contributed by atoms with E-state index in [1.807, 2.05) is 84.0 Å². The van der Waals surface area contributed by atoms with Crippen LogP contribution in [0.3, 0.4) is 0 Å². The summed E-state index contributed by atoms with van der Waals surface area (Å²) in [6, 6.07) is 12.8. The Bertz CT molecular complexity index is 1270. The maximum absolute atomic E-state index is 13.1. The number of ether oxygens (including phenoxy) is 2. The van der Waals surface area contributed by atoms with Crippen LogP contribution in [-0.4, -0.2) is 55.2 Å². The van der Waals surface area contributed by atoms with Crippen molar-refractivity contribution in [3.8, 4) is 11.1 Å². The third-order valence-electron chi connectivity index (χ3n) is 7.57. The lowest BCUT2D eigenvalue weighted by Gasteiger charge is -2.29. The van der Waals surface area contributed by atoms with Crippen LogP contribution in [0.15, 0.2) is 42.5 Å². The molecular formula is C34H47N3O6. The molecule has 1 aliphatic rings. The van der Waals surface area contributed by atoms with E-state index in [0.717, 1.165) is 35.1 Å². The van der Waals surface area contributed by atoms with Crippen molar-refractivity contribution >= 4 is 23.9 Å². The van der Waals surface area contributed by atoms with Gasteiger partial charge in [-0.3, -0.25) is 9.59 Å². The average Bonchev–Trinajstić information content (AvgIpc) is 2.94. The Balaban J connectivity index is 1.56. The van der Waals surface area contributed by atoms with Gasteiger partial charge < -0.3 is 25.4 Å². The Morgan fingerprint density at radius 1 is 0.930 bits per heavy atom. The molecule has 0 aliphatic heterocycles. The number of benzene rings is 2. The molecule has 1 aliphatic carbocycles. The predicted octanol–water partition coefficient (Wildman–Crippen LogP) is 5.33. The SMILES string of the molecule is COC(=O)[C@H](Cc1ccc(-c2ccc(C(=O)NC(C)C)cc2C)cc1)NC(=O)C1CCC(CNC(=O)OC(C)(C)C)CC1. The normalized spacial score (nSPS) is 17.5. The van der Waals surface area contributed by atoms with Gasteiger partial charge in [0.1, 0.15) is 11.6 Å². The summed E-state index contributed by atoms with van der Waals surface area (Å²) < 4.78 is 10.3. The van der Waals surface area contributed by atoms with Gasteiger partial charge in [0.15, 0.2) is 0 Å². The van der Waals surface area contributed by atoms with Gasteiger partial charge >= 0.3 is 12.1 Å². The number of carbonyl (C=O) groups is 4. The Kier molecular flexibility index (Phi) is 11.7. The van der Waals surface area contributed by atoms with E-state index in [2.05, 4.69) is 16.0 Å². The van der Waals surface area contributed by atoms with Gasteiger partial charge in [-0.25, -0.2) is 9.59 Å². The number of alkyl carbamates (subject to hydrolysis) is 1. The molecule has 1 fully saturated rings. The molecule has 0 aromatic heterocycles. The lowest BCUT2D eigenvalue weighted by molar-refractivity contribution is -0.145. The average molecular weight is 594 g/mol. The van der Waals surface area contributed by atoms with E-state index in [9.17, 15) is 19.2 Å². The summed E-state index contributed by atoms with van der Waals surface area (Å²) in [4.78, 5) is 50.0. The molecule has 3 rings (SSSR count). The summed E-state index contributed by atoms with van der Waals surface area (Å²) in [6.07, 6.45) is 2.86. The molecule has 9 nitrogen and oxygen atoms in total. The molecule has 0 saturated heterocycles. The van der Waals surface area contributed by atoms with Gasteiger partial charge in [-0.15, -0.1) is 0 Å². The zero-order valence-electron chi connectivity index (χ0n) is 26.5. The fourth-order valence-corrected chi connectivity index (χ4v) is 5.33. The summed E-state index contributed by atoms with van der Waals surface area (Å²) in [7, 11) is 1.32. The quantitative estimate of drug-likeness (QED) is 0.320. The van der Waals surface area contributed by atoms with Crippen molar-refractivity contribution in [2.75, 3.05) is 13.7 Å². The number of methoxy groups -OCH3 is 1. The maximum atomic E-state index is 13.1. The minimum absolute atomic E-state index is 0.0634. The third-order valence-corrected chi connectivity index (χ3v) is 7.57. The highest BCUT2D eigenvalue weighted by molar-refractivity contribution is 5.95. The van der Waals surface area contributed by atoms with Crippen LogP contribution in [0.25, 0.3) is 11.1 Å². The van der Waals surface area contributed by atoms with Gasteiger partial charge in [-0.1, -0.05) is 30.3 Å². The zero-order valence-corrected chi connectivity index (χ0v) is 26.5. The third kappa shape index (κ3) is 10.4. The summed E-state index contributed by atoms with van der Waals surface area (Å²) in [5, 5.41) is 8.66. The number of nitrogens with one attached hydrogen (secondary N) is 3. The largest absolute Gasteiger partial charge is 0.467 e. The second kappa shape index (κ2) is 15.0. The second-order valence-electron chi connectivity index (χ2n) is 12.7. The summed E-state index contributed by atoms with van der Waals surface area (Å²) >= 11 is 0. The summed E-state index contributed by atoms with van der Waals surface area (Å²) in [5.41, 5.74) is 3.96. The molecular weight excluding hydrogens is 546 g/mol. The van der Waals surface area contributed by atoms with E-state index in [1.165, 1.54) is 7.11 Å². The smallest absolute Gasteiger partial charge is 0.407 e. The molecule has 0 unspecified atom stereocenters. The lowest BCUT2D eigenvalue weighted by Crippen LogP contribution is -2.46. The van der Waals surface area contributed by atoms with Gasteiger partial charge in [-0.05, 0) is 108 Å². The van der Waals surface area contributed by atoms with E-state index in [0.29, 0.717) is 31.4 Å². The fraction of sp³-hybridized carbons (Fsp3) is 0.529. The van der Waals surface area contributed by atoms with Gasteiger partial charge in [0.2, 0.25) is 5.91 Å². The van der Waals surface area contributed by atoms with Crippen LogP contribution in [0, 0.1) is 18.8 Å². The number of carbonyl (C=O) groups excluding carboxylic acids is 4. The van der Waals surface area contributed by atoms with Gasteiger partial charge in [-0.2, -0.15) is 0 Å². The predicted molar refractivity (Wildman–Crippen MR) is 167 cm³/mol. The van der Waals surface area contributed by atoms with Crippen LogP contribution in [0.4, 0.5) is 4.79 Å². The van der Waals surface area contributed by atoms with Crippen molar-refractivity contribution in [1.29, 1.82) is 0 Å². The topological polar surface area (TPSA) is 123 Å². The first-order valence-electron chi connectivity index (χ1n) is 15.1. The minimum Gasteiger partial charge on any atom is -0.467 e. The first-order chi connectivity index (χ1) is 20.3. The summed E-state index contributed by atoms with van der Waals surface area (Å²) in [5.74, 6) is -0.648. The number of amides is 3. The molecule has 3 amide bonds. The van der Waals surface area contributed by atoms with Crippen LogP contribution in [0.1, 0.15) is 81.8 Å². The molecule has 1 atom stereocenters. The molecule has 3 N–H and O–H groups in total. The Hall–Kier alpha value is -3.88. The monoisotopic (exact) mass is 593 g/mol. The van der Waals surface area contributed by atoms with Crippen LogP contribution < -0.4 is 16.0 Å². The Morgan fingerprint density at radius 2 is 1.58 bits per heavy atom. The highest BCUT2D eigenvalue weighted by atomic mass is 16.6. The van der Waals surface area contributed by atoms with Crippen molar-refractivity contribution < 1.29 is 28.7 Å². The van der Waals surface area contributed by atoms with Crippen LogP contribution in [-0.2, 0) is 25.5 Å². The standard InChI is InChI=1S/C34H47N3O6/c1-21(2)36-31(39)27-16-17-28(22(3)18-27)25-12-8-23(9-13-25)19-29(32(40)42-7)37-30(38)26-14-10-24(11-15-26)20-35-33(41)43-34(4,5)6/h8-9,12-13,16-18,21,24,26,29H,10-11,14-15,19-20H2,1-7H3,(H,35,41)(H,36,39)(H,37,38)/t24?,26?,29-/m0/s1. The molecule has 2 aromatic carbocycles. The van der Waals surface area contributed by atoms with Crippen molar-refractivity contribution in [2.24, 2.45) is 11.8 Å². The first kappa shape index (κ1) is 33.6. The number of hydrogen-bond acceptors (Lipinski definition) is 6. The molecule has 43 heavy (non-hydrogen) atoms. The van der Waals surface area contributed by atoms with E-state index >= 15 is 0 Å². The highest BCUT2D eigenvalue weighted by Crippen LogP contribution is 2.29. The van der Waals surface area contributed by atoms with Crippen LogP contribution in [0.5, 0.6) is 0 Å². The van der Waals surface area contributed by atoms with Gasteiger partial charge in [0.05, 0.1) is 7.11 Å². The van der Waals surface area contributed by atoms with E-state index in [-0.39, 0.29) is 29.7 Å². The second-order valence-corrected chi connectivity index (χ2v) is 12.7. The zero-order chi connectivity index (χ0) is 31.7. The number of hydrogen-bond donors (Lipinski definition) is 3. The number of esters is 1. The molecule has 0 heterocycles. The van der Waals surface area contributed by atoms with Crippen LogP contribution >= 0.6 is 0 Å². The van der Waals surface area contributed by atoms with Crippen molar-refractivity contribution in [2.45, 2.75) is 91.3 Å². The lowest BCUT2D eigenvalue weighted by atomic mass is 9.81. The van der Waals surface area contributed by atoms with Gasteiger partial charge in [0.25, 0.3) is 5.91 Å². The Labute approximate surface area is 255 Å². The van der Waals surface area contributed by atoms with E-state index < -0.39 is 23.7 Å². The minimum atomic E-state index is -0.796. The molecule has 1 saturated carbocycles. The number of aryl methyl sites for hydroxylation is 1. The van der Waals surface area contributed by atoms with Gasteiger partial charge in [0, 0.05) is 30.5 Å². The fourth-order valence-electron chi connectivity index (χ4n) is 5.33. The van der Waals surface area contributed by atoms with Crippen molar-refractivity contribution in [3.05, 3.63) is 59.2 Å². The Morgan fingerprint density at radius 3 is 2.14 bits per heavy atom. The summed E-state index contributed by atoms with van der Waals surface area (Å²) in [6.45, 7) is 11.8. The molecule has 234 valence electrons. The molecule has 2 aromatic rings. The molecule has 0 bridgehead atoms. The van der Waals surface area contributed by atoms with E-state index in [4.69, 9.17) is 9.47 Å². The van der Waals surface area contributed by atoms with E-state index in [1.54, 1.807) is 0 Å². The van der Waals surface area contributed by atoms with Crippen molar-refractivity contribution in [3.63, 3.8) is 0 Å².